The molecule has 2 N–H and O–H groups in total. The summed E-state index contributed by atoms with van der Waals surface area (Å²) in [6.07, 6.45) is 0.0838. The minimum atomic E-state index is -0.506. The van der Waals surface area contributed by atoms with Crippen LogP contribution in [0.5, 0.6) is 5.75 Å². The van der Waals surface area contributed by atoms with E-state index in [9.17, 15) is 4.79 Å². The monoisotopic (exact) mass is 207 g/mol. The van der Waals surface area contributed by atoms with Gasteiger partial charge in [-0.25, -0.2) is 4.79 Å². The first-order chi connectivity index (χ1) is 7.18. The Hall–Kier alpha value is -1.71. The van der Waals surface area contributed by atoms with Crippen molar-refractivity contribution in [3.05, 3.63) is 23.8 Å². The molecule has 1 aromatic rings. The van der Waals surface area contributed by atoms with Crippen LogP contribution in [0.3, 0.4) is 0 Å². The van der Waals surface area contributed by atoms with Crippen LogP contribution in [-0.4, -0.2) is 18.7 Å². The Morgan fingerprint density at radius 2 is 2.33 bits per heavy atom. The summed E-state index contributed by atoms with van der Waals surface area (Å²) in [5.74, 6) is 0.277. The topological polar surface area (TPSA) is 61.6 Å². The van der Waals surface area contributed by atoms with Gasteiger partial charge >= 0.3 is 5.97 Å². The van der Waals surface area contributed by atoms with E-state index in [2.05, 4.69) is 0 Å². The molecule has 0 spiro atoms. The van der Waals surface area contributed by atoms with Crippen molar-refractivity contribution in [2.24, 2.45) is 0 Å². The Kier molecular flexibility index (Phi) is 2.49. The summed E-state index contributed by atoms with van der Waals surface area (Å²) >= 11 is 0. The molecule has 0 bridgehead atoms. The number of ether oxygens (including phenoxy) is 2. The standard InChI is InChI=1S/C11H13NO3/c1-7-3-2-4-8(12)10(7)15-9-5-6-14-11(9)13/h2-4,9H,5-6,12H2,1H3. The largest absolute Gasteiger partial charge is 0.476 e. The van der Waals surface area contributed by atoms with Crippen LogP contribution in [0.2, 0.25) is 0 Å². The molecule has 0 saturated carbocycles. The number of carbonyl (C=O) groups excluding carboxylic acids is 1. The molecule has 80 valence electrons. The van der Waals surface area contributed by atoms with E-state index >= 15 is 0 Å². The number of aryl methyl sites for hydroxylation is 1. The molecule has 1 aromatic carbocycles. The second-order valence-electron chi connectivity index (χ2n) is 3.56. The van der Waals surface area contributed by atoms with Gasteiger partial charge in [0.2, 0.25) is 0 Å². The molecule has 1 saturated heterocycles. The summed E-state index contributed by atoms with van der Waals surface area (Å²) in [6.45, 7) is 2.32. The minimum absolute atomic E-state index is 0.308. The molecule has 0 radical (unpaired) electrons. The number of rotatable bonds is 2. The highest BCUT2D eigenvalue weighted by atomic mass is 16.6. The Bertz CT molecular complexity index is 369. The Balaban J connectivity index is 2.20. The molecule has 4 heteroatoms. The third-order valence-electron chi connectivity index (χ3n) is 2.39. The van der Waals surface area contributed by atoms with E-state index in [1.165, 1.54) is 0 Å². The molecule has 1 fully saturated rings. The van der Waals surface area contributed by atoms with Gasteiger partial charge < -0.3 is 15.2 Å². The van der Waals surface area contributed by atoms with Crippen LogP contribution in [-0.2, 0) is 9.53 Å². The van der Waals surface area contributed by atoms with E-state index in [4.69, 9.17) is 15.2 Å². The molecule has 0 aromatic heterocycles. The second kappa shape index (κ2) is 3.81. The molecule has 0 aliphatic carbocycles. The van der Waals surface area contributed by atoms with Crippen LogP contribution in [0, 0.1) is 6.92 Å². The Morgan fingerprint density at radius 1 is 1.53 bits per heavy atom. The van der Waals surface area contributed by atoms with Crippen LogP contribution in [0.4, 0.5) is 5.69 Å². The molecule has 1 aliphatic heterocycles. The van der Waals surface area contributed by atoms with Crippen molar-refractivity contribution >= 4 is 11.7 Å². The quantitative estimate of drug-likeness (QED) is 0.586. The first-order valence-electron chi connectivity index (χ1n) is 4.87. The van der Waals surface area contributed by atoms with E-state index in [0.717, 1.165) is 5.56 Å². The fraction of sp³-hybridized carbons (Fsp3) is 0.364. The van der Waals surface area contributed by atoms with Crippen LogP contribution >= 0.6 is 0 Å². The zero-order chi connectivity index (χ0) is 10.8. The number of carbonyl (C=O) groups is 1. The van der Waals surface area contributed by atoms with Crippen LogP contribution in [0.15, 0.2) is 18.2 Å². The maximum absolute atomic E-state index is 11.2. The van der Waals surface area contributed by atoms with Gasteiger partial charge in [-0.05, 0) is 18.6 Å². The van der Waals surface area contributed by atoms with Crippen molar-refractivity contribution in [3.63, 3.8) is 0 Å². The number of hydrogen-bond acceptors (Lipinski definition) is 4. The van der Waals surface area contributed by atoms with Crippen molar-refractivity contribution in [2.75, 3.05) is 12.3 Å². The summed E-state index contributed by atoms with van der Waals surface area (Å²) in [5, 5.41) is 0. The lowest BCUT2D eigenvalue weighted by Gasteiger charge is -2.14. The van der Waals surface area contributed by atoms with Gasteiger partial charge in [-0.2, -0.15) is 0 Å². The lowest BCUT2D eigenvalue weighted by atomic mass is 10.2. The number of nitrogen functional groups attached to an aromatic ring is 1. The van der Waals surface area contributed by atoms with E-state index < -0.39 is 6.10 Å². The maximum atomic E-state index is 11.2. The van der Waals surface area contributed by atoms with E-state index in [1.54, 1.807) is 6.07 Å². The van der Waals surface area contributed by atoms with Gasteiger partial charge in [-0.1, -0.05) is 12.1 Å². The minimum Gasteiger partial charge on any atom is -0.476 e. The van der Waals surface area contributed by atoms with Gasteiger partial charge in [0.25, 0.3) is 0 Å². The van der Waals surface area contributed by atoms with Crippen LogP contribution < -0.4 is 10.5 Å². The van der Waals surface area contributed by atoms with Gasteiger partial charge in [-0.3, -0.25) is 0 Å². The highest BCUT2D eigenvalue weighted by Gasteiger charge is 2.29. The average Bonchev–Trinajstić information content (AvgIpc) is 2.58. The third kappa shape index (κ3) is 1.88. The highest BCUT2D eigenvalue weighted by Crippen LogP contribution is 2.28. The fourth-order valence-electron chi connectivity index (χ4n) is 1.56. The van der Waals surface area contributed by atoms with Gasteiger partial charge in [-0.15, -0.1) is 0 Å². The zero-order valence-electron chi connectivity index (χ0n) is 8.53. The van der Waals surface area contributed by atoms with Gasteiger partial charge in [0.1, 0.15) is 5.75 Å². The third-order valence-corrected chi connectivity index (χ3v) is 2.39. The molecule has 1 aliphatic rings. The van der Waals surface area contributed by atoms with Crippen molar-refractivity contribution in [1.82, 2.24) is 0 Å². The number of hydrogen-bond donors (Lipinski definition) is 1. The smallest absolute Gasteiger partial charge is 0.347 e. The number of cyclic esters (lactones) is 1. The molecule has 15 heavy (non-hydrogen) atoms. The van der Waals surface area contributed by atoms with Crippen LogP contribution in [0.25, 0.3) is 0 Å². The predicted molar refractivity (Wildman–Crippen MR) is 55.6 cm³/mol. The van der Waals surface area contributed by atoms with E-state index in [-0.39, 0.29) is 5.97 Å². The molecule has 1 atom stereocenters. The summed E-state index contributed by atoms with van der Waals surface area (Å²) in [7, 11) is 0. The summed E-state index contributed by atoms with van der Waals surface area (Å²) in [5.41, 5.74) is 7.24. The second-order valence-corrected chi connectivity index (χ2v) is 3.56. The highest BCUT2D eigenvalue weighted by molar-refractivity contribution is 5.77. The van der Waals surface area contributed by atoms with Gasteiger partial charge in [0, 0.05) is 6.42 Å². The molecule has 1 heterocycles. The van der Waals surface area contributed by atoms with E-state index in [0.29, 0.717) is 24.5 Å². The number of para-hydroxylation sites is 1. The number of benzene rings is 1. The molecular formula is C11H13NO3. The van der Waals surface area contributed by atoms with Crippen molar-refractivity contribution < 1.29 is 14.3 Å². The lowest BCUT2D eigenvalue weighted by molar-refractivity contribution is -0.143. The van der Waals surface area contributed by atoms with Crippen molar-refractivity contribution in [3.8, 4) is 5.75 Å². The fourth-order valence-corrected chi connectivity index (χ4v) is 1.56. The molecular weight excluding hydrogens is 194 g/mol. The lowest BCUT2D eigenvalue weighted by Crippen LogP contribution is -2.22. The number of esters is 1. The Labute approximate surface area is 88.0 Å². The normalized spacial score (nSPS) is 20.1. The molecule has 1 unspecified atom stereocenters. The average molecular weight is 207 g/mol. The number of anilines is 1. The summed E-state index contributed by atoms with van der Waals surface area (Å²) < 4.78 is 10.4. The van der Waals surface area contributed by atoms with Gasteiger partial charge in [0.15, 0.2) is 6.10 Å². The van der Waals surface area contributed by atoms with Gasteiger partial charge in [0.05, 0.1) is 12.3 Å². The SMILES string of the molecule is Cc1cccc(N)c1OC1CCOC1=O. The predicted octanol–water partition coefficient (Wildman–Crippen LogP) is 1.27. The van der Waals surface area contributed by atoms with Crippen LogP contribution in [0.1, 0.15) is 12.0 Å². The van der Waals surface area contributed by atoms with E-state index in [1.807, 2.05) is 19.1 Å². The summed E-state index contributed by atoms with van der Waals surface area (Å²) in [6, 6.07) is 5.50. The summed E-state index contributed by atoms with van der Waals surface area (Å²) in [4.78, 5) is 11.2. The van der Waals surface area contributed by atoms with Crippen molar-refractivity contribution in [2.45, 2.75) is 19.4 Å². The first-order valence-corrected chi connectivity index (χ1v) is 4.87. The van der Waals surface area contributed by atoms with Crippen molar-refractivity contribution in [1.29, 1.82) is 0 Å². The number of nitrogens with two attached hydrogens (primary N) is 1. The zero-order valence-corrected chi connectivity index (χ0v) is 8.53. The Morgan fingerprint density at radius 3 is 2.93 bits per heavy atom. The maximum Gasteiger partial charge on any atom is 0.347 e. The molecule has 4 nitrogen and oxygen atoms in total. The molecule has 0 amide bonds. The first kappa shape index (κ1) is 9.83. The molecule has 2 rings (SSSR count).